The number of allylic oxidation sites excluding steroid dienone is 6. The first-order valence-corrected chi connectivity index (χ1v) is 28.2. The van der Waals surface area contributed by atoms with Crippen molar-refractivity contribution in [3.63, 3.8) is 0 Å². The first-order valence-electron chi connectivity index (χ1n) is 26.7. The molecule has 0 aliphatic carbocycles. The first kappa shape index (κ1) is 62.2. The van der Waals surface area contributed by atoms with E-state index in [1.54, 1.807) is 0 Å². The lowest BCUT2D eigenvalue weighted by Crippen LogP contribution is -2.37. The Morgan fingerprint density at radius 2 is 0.844 bits per heavy atom. The van der Waals surface area contributed by atoms with Gasteiger partial charge in [-0.2, -0.15) is 0 Å². The summed E-state index contributed by atoms with van der Waals surface area (Å²) in [6.07, 6.45) is 54.7. The Balaban J connectivity index is 4.16. The molecule has 0 saturated heterocycles. The molecule has 0 aliphatic rings. The topological polar surface area (TPSA) is 111 Å². The second-order valence-electron chi connectivity index (χ2n) is 19.2. The third-order valence-electron chi connectivity index (χ3n) is 11.6. The Labute approximate surface area is 395 Å². The van der Waals surface area contributed by atoms with Gasteiger partial charge in [-0.25, -0.2) is 0 Å². The van der Waals surface area contributed by atoms with Crippen LogP contribution >= 0.6 is 7.82 Å². The van der Waals surface area contributed by atoms with Crippen LogP contribution in [-0.4, -0.2) is 70.0 Å². The molecule has 0 radical (unpaired) electrons. The minimum Gasteiger partial charge on any atom is -0.756 e. The SMILES string of the molecule is CCCCC/C=C\C/C=C\CCCCCCCC(=O)OC(COC(=O)CCCCCCCCCCCCCCC/C=C\CCCCCCCCCC)COP(=O)([O-])OCC[N+](C)(C)C. The fraction of sp³-hybridized carbons (Fsp3) is 0.852. The van der Waals surface area contributed by atoms with Crippen molar-refractivity contribution in [1.29, 1.82) is 0 Å². The number of phosphoric ester groups is 1. The van der Waals surface area contributed by atoms with E-state index in [0.717, 1.165) is 57.8 Å². The van der Waals surface area contributed by atoms with Crippen LogP contribution in [0.5, 0.6) is 0 Å². The van der Waals surface area contributed by atoms with Crippen LogP contribution < -0.4 is 4.89 Å². The molecule has 0 fully saturated rings. The highest BCUT2D eigenvalue weighted by molar-refractivity contribution is 7.45. The molecule has 0 spiro atoms. The van der Waals surface area contributed by atoms with Crippen molar-refractivity contribution in [1.82, 2.24) is 0 Å². The van der Waals surface area contributed by atoms with Crippen LogP contribution in [0.3, 0.4) is 0 Å². The van der Waals surface area contributed by atoms with Gasteiger partial charge in [0.1, 0.15) is 19.8 Å². The fourth-order valence-electron chi connectivity index (χ4n) is 7.45. The molecule has 0 N–H and O–H groups in total. The minimum atomic E-state index is -4.63. The maximum absolute atomic E-state index is 12.7. The van der Waals surface area contributed by atoms with E-state index >= 15 is 0 Å². The molecule has 0 amide bonds. The van der Waals surface area contributed by atoms with Crippen molar-refractivity contribution in [2.24, 2.45) is 0 Å². The van der Waals surface area contributed by atoms with E-state index in [4.69, 9.17) is 18.5 Å². The fourth-order valence-corrected chi connectivity index (χ4v) is 8.17. The summed E-state index contributed by atoms with van der Waals surface area (Å²) in [5.41, 5.74) is 0. The Bertz CT molecular complexity index is 1180. The number of carbonyl (C=O) groups is 2. The van der Waals surface area contributed by atoms with Crippen LogP contribution in [0.2, 0.25) is 0 Å². The van der Waals surface area contributed by atoms with Crippen LogP contribution in [0.4, 0.5) is 0 Å². The van der Waals surface area contributed by atoms with Gasteiger partial charge < -0.3 is 27.9 Å². The lowest BCUT2D eigenvalue weighted by atomic mass is 10.0. The third kappa shape index (κ3) is 49.7. The molecule has 376 valence electrons. The molecule has 0 aliphatic heterocycles. The van der Waals surface area contributed by atoms with Gasteiger partial charge in [0.25, 0.3) is 7.82 Å². The predicted molar refractivity (Wildman–Crippen MR) is 268 cm³/mol. The molecule has 9 nitrogen and oxygen atoms in total. The van der Waals surface area contributed by atoms with Gasteiger partial charge in [-0.15, -0.1) is 0 Å². The van der Waals surface area contributed by atoms with Gasteiger partial charge in [-0.3, -0.25) is 14.2 Å². The van der Waals surface area contributed by atoms with E-state index in [1.165, 1.54) is 154 Å². The van der Waals surface area contributed by atoms with Crippen molar-refractivity contribution in [2.45, 2.75) is 251 Å². The Morgan fingerprint density at radius 1 is 0.484 bits per heavy atom. The number of esters is 2. The molecular formula is C54H102NO8P. The molecule has 64 heavy (non-hydrogen) atoms. The summed E-state index contributed by atoms with van der Waals surface area (Å²) in [7, 11) is 1.16. The summed E-state index contributed by atoms with van der Waals surface area (Å²) in [5, 5.41) is 0. The van der Waals surface area contributed by atoms with Gasteiger partial charge in [-0.05, 0) is 70.6 Å². The van der Waals surface area contributed by atoms with Crippen molar-refractivity contribution in [3.05, 3.63) is 36.5 Å². The maximum atomic E-state index is 12.7. The Hall–Kier alpha value is -1.77. The van der Waals surface area contributed by atoms with Crippen LogP contribution in [0.1, 0.15) is 245 Å². The molecule has 0 bridgehead atoms. The summed E-state index contributed by atoms with van der Waals surface area (Å²) in [4.78, 5) is 37.7. The Kier molecular flexibility index (Phi) is 45.1. The van der Waals surface area contributed by atoms with E-state index in [-0.39, 0.29) is 32.0 Å². The van der Waals surface area contributed by atoms with Gasteiger partial charge in [0.15, 0.2) is 6.10 Å². The molecule has 0 heterocycles. The normalized spacial score (nSPS) is 13.7. The maximum Gasteiger partial charge on any atom is 0.306 e. The second-order valence-corrected chi connectivity index (χ2v) is 20.6. The van der Waals surface area contributed by atoms with Gasteiger partial charge in [0, 0.05) is 12.8 Å². The lowest BCUT2D eigenvalue weighted by molar-refractivity contribution is -0.870. The highest BCUT2D eigenvalue weighted by Crippen LogP contribution is 2.38. The number of nitrogens with zero attached hydrogens (tertiary/aromatic N) is 1. The summed E-state index contributed by atoms with van der Waals surface area (Å²) in [6, 6.07) is 0. The lowest BCUT2D eigenvalue weighted by Gasteiger charge is -2.28. The number of hydrogen-bond acceptors (Lipinski definition) is 8. The summed E-state index contributed by atoms with van der Waals surface area (Å²) in [6.45, 7) is 4.21. The van der Waals surface area contributed by atoms with E-state index < -0.39 is 26.5 Å². The largest absolute Gasteiger partial charge is 0.756 e. The minimum absolute atomic E-state index is 0.0331. The summed E-state index contributed by atoms with van der Waals surface area (Å²) >= 11 is 0. The highest BCUT2D eigenvalue weighted by Gasteiger charge is 2.21. The van der Waals surface area contributed by atoms with E-state index in [0.29, 0.717) is 17.4 Å². The summed E-state index contributed by atoms with van der Waals surface area (Å²) < 4.78 is 34.0. The van der Waals surface area contributed by atoms with Gasteiger partial charge >= 0.3 is 11.9 Å². The molecule has 0 aromatic rings. The number of likely N-dealkylation sites (N-methyl/N-ethyl adjacent to an activating group) is 1. The number of unbranched alkanes of at least 4 members (excludes halogenated alkanes) is 29. The van der Waals surface area contributed by atoms with E-state index in [9.17, 15) is 19.0 Å². The van der Waals surface area contributed by atoms with Crippen LogP contribution in [0.25, 0.3) is 0 Å². The smallest absolute Gasteiger partial charge is 0.306 e. The monoisotopic (exact) mass is 924 g/mol. The number of ether oxygens (including phenoxy) is 2. The second kappa shape index (κ2) is 46.3. The quantitative estimate of drug-likeness (QED) is 0.0195. The average molecular weight is 924 g/mol. The predicted octanol–water partition coefficient (Wildman–Crippen LogP) is 15.4. The highest BCUT2D eigenvalue weighted by atomic mass is 31.2. The molecule has 2 atom stereocenters. The number of hydrogen-bond donors (Lipinski definition) is 0. The van der Waals surface area contributed by atoms with E-state index in [2.05, 4.69) is 50.3 Å². The zero-order valence-electron chi connectivity index (χ0n) is 42.5. The van der Waals surface area contributed by atoms with Crippen LogP contribution in [-0.2, 0) is 32.7 Å². The van der Waals surface area contributed by atoms with Crippen LogP contribution in [0, 0.1) is 0 Å². The molecule has 0 saturated carbocycles. The van der Waals surface area contributed by atoms with Crippen molar-refractivity contribution in [2.75, 3.05) is 47.5 Å². The average Bonchev–Trinajstić information content (AvgIpc) is 3.25. The van der Waals surface area contributed by atoms with Gasteiger partial charge in [0.2, 0.25) is 0 Å². The Morgan fingerprint density at radius 3 is 1.28 bits per heavy atom. The van der Waals surface area contributed by atoms with Crippen molar-refractivity contribution in [3.8, 4) is 0 Å². The number of phosphoric acid groups is 1. The summed E-state index contributed by atoms with van der Waals surface area (Å²) in [5.74, 6) is -0.843. The number of quaternary nitrogens is 1. The van der Waals surface area contributed by atoms with E-state index in [1.807, 2.05) is 21.1 Å². The first-order chi connectivity index (χ1) is 31.0. The molecular weight excluding hydrogens is 822 g/mol. The number of rotatable bonds is 49. The van der Waals surface area contributed by atoms with Crippen molar-refractivity contribution >= 4 is 19.8 Å². The number of carbonyl (C=O) groups excluding carboxylic acids is 2. The molecule has 2 unspecified atom stereocenters. The zero-order chi connectivity index (χ0) is 47.1. The molecule has 0 aromatic carbocycles. The molecule has 0 aromatic heterocycles. The third-order valence-corrected chi connectivity index (χ3v) is 12.6. The van der Waals surface area contributed by atoms with Gasteiger partial charge in [0.05, 0.1) is 27.7 Å². The van der Waals surface area contributed by atoms with Gasteiger partial charge in [-0.1, -0.05) is 198 Å². The van der Waals surface area contributed by atoms with Crippen molar-refractivity contribution < 1.29 is 42.1 Å². The molecule has 0 rings (SSSR count). The standard InChI is InChI=1S/C54H102NO8P/c1-6-8-10-12-14-16-18-20-22-23-24-25-26-27-28-29-30-31-33-34-36-38-40-42-44-46-53(56)60-50-52(51-62-64(58,59)61-49-48-55(3,4)5)63-54(57)47-45-43-41-39-37-35-32-21-19-17-15-13-11-9-7-2/h15,17,21,23-24,32,52H,6-14,16,18-20,22,25-31,33-51H2,1-5H3/b17-15-,24-23-,32-21-. The zero-order valence-corrected chi connectivity index (χ0v) is 43.4. The van der Waals surface area contributed by atoms with Crippen LogP contribution in [0.15, 0.2) is 36.5 Å². The molecule has 10 heteroatoms.